The molecule has 5 heteroatoms. The van der Waals surface area contributed by atoms with Crippen molar-refractivity contribution in [3.05, 3.63) is 95.1 Å². The predicted octanol–water partition coefficient (Wildman–Crippen LogP) is 6.31. The van der Waals surface area contributed by atoms with Crippen molar-refractivity contribution >= 4 is 16.7 Å². The van der Waals surface area contributed by atoms with Gasteiger partial charge in [-0.1, -0.05) is 54.6 Å². The van der Waals surface area contributed by atoms with Gasteiger partial charge in [-0.15, -0.1) is 0 Å². The van der Waals surface area contributed by atoms with Gasteiger partial charge in [-0.05, 0) is 35.7 Å². The lowest BCUT2D eigenvalue weighted by Gasteiger charge is -2.21. The Hall–Kier alpha value is -3.34. The zero-order valence-electron chi connectivity index (χ0n) is 16.0. The van der Waals surface area contributed by atoms with E-state index in [1.807, 2.05) is 30.3 Å². The summed E-state index contributed by atoms with van der Waals surface area (Å²) in [6.45, 7) is 0.835. The van der Waals surface area contributed by atoms with Crippen molar-refractivity contribution in [2.45, 2.75) is 25.6 Å². The van der Waals surface area contributed by atoms with Crippen LogP contribution in [0.5, 0.6) is 0 Å². The molecule has 4 aromatic rings. The van der Waals surface area contributed by atoms with E-state index in [4.69, 9.17) is 0 Å². The molecular formula is C25H18F3NO. The SMILES string of the molecule is O=C(Cc1c2n(c3ccccc13)CCc1ccccc1-2)c1ccc(C(F)(F)F)cc1. The number of halogens is 3. The Labute approximate surface area is 171 Å². The van der Waals surface area contributed by atoms with Crippen LogP contribution in [0.25, 0.3) is 22.2 Å². The number of alkyl halides is 3. The first-order chi connectivity index (χ1) is 14.4. The number of hydrogen-bond donors (Lipinski definition) is 0. The molecule has 0 aliphatic carbocycles. The Kier molecular flexibility index (Phi) is 4.28. The van der Waals surface area contributed by atoms with E-state index in [0.29, 0.717) is 0 Å². The Morgan fingerprint density at radius 2 is 1.60 bits per heavy atom. The van der Waals surface area contributed by atoms with Crippen LogP contribution in [0.15, 0.2) is 72.8 Å². The molecule has 0 saturated carbocycles. The third-order valence-electron chi connectivity index (χ3n) is 5.82. The van der Waals surface area contributed by atoms with E-state index < -0.39 is 11.7 Å². The number of hydrogen-bond acceptors (Lipinski definition) is 1. The molecule has 0 atom stereocenters. The molecule has 0 N–H and O–H groups in total. The first-order valence-electron chi connectivity index (χ1n) is 9.82. The van der Waals surface area contributed by atoms with Crippen molar-refractivity contribution in [1.29, 1.82) is 0 Å². The van der Waals surface area contributed by atoms with Gasteiger partial charge < -0.3 is 4.57 Å². The second-order valence-corrected chi connectivity index (χ2v) is 7.58. The van der Waals surface area contributed by atoms with Crippen LogP contribution in [0.3, 0.4) is 0 Å². The van der Waals surface area contributed by atoms with Crippen molar-refractivity contribution in [3.8, 4) is 11.3 Å². The Morgan fingerprint density at radius 1 is 0.900 bits per heavy atom. The number of nitrogens with zero attached hydrogens (tertiary/aromatic N) is 1. The van der Waals surface area contributed by atoms with Crippen LogP contribution in [0.4, 0.5) is 13.2 Å². The Bertz CT molecular complexity index is 1270. The van der Waals surface area contributed by atoms with Gasteiger partial charge in [0.25, 0.3) is 0 Å². The minimum atomic E-state index is -4.41. The molecule has 150 valence electrons. The zero-order chi connectivity index (χ0) is 20.9. The van der Waals surface area contributed by atoms with Gasteiger partial charge in [-0.3, -0.25) is 4.79 Å². The largest absolute Gasteiger partial charge is 0.416 e. The van der Waals surface area contributed by atoms with E-state index in [0.717, 1.165) is 52.8 Å². The molecule has 2 heterocycles. The maximum Gasteiger partial charge on any atom is 0.416 e. The number of ketones is 1. The Balaban J connectivity index is 1.60. The lowest BCUT2D eigenvalue weighted by atomic mass is 9.93. The second-order valence-electron chi connectivity index (χ2n) is 7.58. The third kappa shape index (κ3) is 3.02. The van der Waals surface area contributed by atoms with Crippen LogP contribution in [-0.4, -0.2) is 10.4 Å². The maximum absolute atomic E-state index is 13.0. The quantitative estimate of drug-likeness (QED) is 0.366. The van der Waals surface area contributed by atoms with Crippen LogP contribution in [0.1, 0.15) is 27.0 Å². The highest BCUT2D eigenvalue weighted by molar-refractivity contribution is 6.03. The monoisotopic (exact) mass is 405 g/mol. The van der Waals surface area contributed by atoms with E-state index in [1.165, 1.54) is 17.7 Å². The first kappa shape index (κ1) is 18.7. The van der Waals surface area contributed by atoms with Crippen molar-refractivity contribution < 1.29 is 18.0 Å². The molecule has 0 bridgehead atoms. The fraction of sp³-hybridized carbons (Fsp3) is 0.160. The summed E-state index contributed by atoms with van der Waals surface area (Å²) in [6.07, 6.45) is -3.35. The number of benzene rings is 3. The van der Waals surface area contributed by atoms with Gasteiger partial charge in [0.15, 0.2) is 5.78 Å². The highest BCUT2D eigenvalue weighted by Crippen LogP contribution is 2.39. The van der Waals surface area contributed by atoms with Crippen molar-refractivity contribution in [1.82, 2.24) is 4.57 Å². The summed E-state index contributed by atoms with van der Waals surface area (Å²) in [5.41, 5.74) is 4.96. The first-order valence-corrected chi connectivity index (χ1v) is 9.82. The molecule has 0 amide bonds. The van der Waals surface area contributed by atoms with Crippen molar-refractivity contribution in [2.24, 2.45) is 0 Å². The molecule has 0 spiro atoms. The maximum atomic E-state index is 13.0. The van der Waals surface area contributed by atoms with Crippen molar-refractivity contribution in [2.75, 3.05) is 0 Å². The minimum Gasteiger partial charge on any atom is -0.340 e. The molecule has 0 saturated heterocycles. The number of carbonyl (C=O) groups is 1. The number of fused-ring (bicyclic) bond motifs is 5. The predicted molar refractivity (Wildman–Crippen MR) is 111 cm³/mol. The van der Waals surface area contributed by atoms with Crippen LogP contribution in [-0.2, 0) is 25.6 Å². The summed E-state index contributed by atoms with van der Waals surface area (Å²) >= 11 is 0. The summed E-state index contributed by atoms with van der Waals surface area (Å²) < 4.78 is 40.8. The lowest BCUT2D eigenvalue weighted by Crippen LogP contribution is -2.12. The standard InChI is InChI=1S/C25H18F3NO/c26-25(27,28)18-11-9-17(10-12-18)23(30)15-21-20-7-3-4-8-22(20)29-14-13-16-5-1-2-6-19(16)24(21)29/h1-12H,13-15H2. The lowest BCUT2D eigenvalue weighted by molar-refractivity contribution is -0.137. The van der Waals surface area contributed by atoms with Gasteiger partial charge in [0.05, 0.1) is 11.3 Å². The molecule has 0 radical (unpaired) electrons. The number of para-hydroxylation sites is 1. The molecule has 0 fully saturated rings. The van der Waals surface area contributed by atoms with Gasteiger partial charge in [0, 0.05) is 35.0 Å². The van der Waals surface area contributed by atoms with Gasteiger partial charge in [0.2, 0.25) is 0 Å². The zero-order valence-corrected chi connectivity index (χ0v) is 16.0. The fourth-order valence-electron chi connectivity index (χ4n) is 4.40. The number of aryl methyl sites for hydroxylation is 2. The molecule has 30 heavy (non-hydrogen) atoms. The highest BCUT2D eigenvalue weighted by Gasteiger charge is 2.30. The molecule has 1 aliphatic rings. The Morgan fingerprint density at radius 3 is 2.37 bits per heavy atom. The van der Waals surface area contributed by atoms with E-state index >= 15 is 0 Å². The van der Waals surface area contributed by atoms with Gasteiger partial charge in [-0.2, -0.15) is 13.2 Å². The summed E-state index contributed by atoms with van der Waals surface area (Å²) in [5, 5.41) is 1.02. The summed E-state index contributed by atoms with van der Waals surface area (Å²) in [5.74, 6) is -0.189. The van der Waals surface area contributed by atoms with Gasteiger partial charge in [-0.25, -0.2) is 0 Å². The number of carbonyl (C=O) groups excluding carboxylic acids is 1. The summed E-state index contributed by atoms with van der Waals surface area (Å²) in [4.78, 5) is 13.0. The van der Waals surface area contributed by atoms with Crippen LogP contribution in [0, 0.1) is 0 Å². The van der Waals surface area contributed by atoms with E-state index in [2.05, 4.69) is 22.8 Å². The molecule has 3 aromatic carbocycles. The minimum absolute atomic E-state index is 0.141. The average Bonchev–Trinajstić information content (AvgIpc) is 3.07. The normalized spacial score (nSPS) is 13.2. The van der Waals surface area contributed by atoms with Crippen molar-refractivity contribution in [3.63, 3.8) is 0 Å². The van der Waals surface area contributed by atoms with E-state index in [-0.39, 0.29) is 17.8 Å². The van der Waals surface area contributed by atoms with Crippen LogP contribution < -0.4 is 0 Å². The van der Waals surface area contributed by atoms with E-state index in [9.17, 15) is 18.0 Å². The third-order valence-corrected chi connectivity index (χ3v) is 5.82. The van der Waals surface area contributed by atoms with Crippen LogP contribution in [0.2, 0.25) is 0 Å². The smallest absolute Gasteiger partial charge is 0.340 e. The fourth-order valence-corrected chi connectivity index (χ4v) is 4.40. The molecule has 0 unspecified atom stereocenters. The number of Topliss-reactive ketones (excluding diaryl/α,β-unsaturated/α-hetero) is 1. The van der Waals surface area contributed by atoms with Gasteiger partial charge in [0.1, 0.15) is 0 Å². The topological polar surface area (TPSA) is 22.0 Å². The highest BCUT2D eigenvalue weighted by atomic mass is 19.4. The molecule has 5 rings (SSSR count). The molecular weight excluding hydrogens is 387 g/mol. The molecule has 1 aromatic heterocycles. The summed E-state index contributed by atoms with van der Waals surface area (Å²) in [7, 11) is 0. The van der Waals surface area contributed by atoms with E-state index in [1.54, 1.807) is 0 Å². The molecule has 2 nitrogen and oxygen atoms in total. The second kappa shape index (κ2) is 6.87. The molecule has 1 aliphatic heterocycles. The number of aromatic nitrogens is 1. The van der Waals surface area contributed by atoms with Gasteiger partial charge >= 0.3 is 6.18 Å². The average molecular weight is 405 g/mol. The van der Waals surface area contributed by atoms with Crippen LogP contribution >= 0.6 is 0 Å². The summed E-state index contributed by atoms with van der Waals surface area (Å²) in [6, 6.07) is 20.7. The number of rotatable bonds is 3.